The molecule has 2 rings (SSSR count). The van der Waals surface area contributed by atoms with Crippen LogP contribution in [0.15, 0.2) is 42.0 Å². The molecule has 0 unspecified atom stereocenters. The van der Waals surface area contributed by atoms with Crippen molar-refractivity contribution in [2.24, 2.45) is 0 Å². The fourth-order valence-electron chi connectivity index (χ4n) is 1.73. The maximum atomic E-state index is 11.2. The standard InChI is InChI=1S/C12H15NO2S/c14-16(15)7-6-12(10-16)9-13-8-11-4-2-1-3-5-11/h1-6,13H,7-10H2. The summed E-state index contributed by atoms with van der Waals surface area (Å²) in [5.41, 5.74) is 2.19. The number of rotatable bonds is 4. The fourth-order valence-corrected chi connectivity index (χ4v) is 3.12. The largest absolute Gasteiger partial charge is 0.309 e. The molecule has 0 spiro atoms. The summed E-state index contributed by atoms with van der Waals surface area (Å²) in [4.78, 5) is 0. The molecule has 86 valence electrons. The van der Waals surface area contributed by atoms with Gasteiger partial charge in [-0.05, 0) is 11.1 Å². The lowest BCUT2D eigenvalue weighted by Crippen LogP contribution is -2.18. The Bertz CT molecular complexity index is 477. The molecule has 1 heterocycles. The van der Waals surface area contributed by atoms with E-state index in [0.717, 1.165) is 12.1 Å². The molecule has 1 aliphatic heterocycles. The van der Waals surface area contributed by atoms with Crippen LogP contribution in [0.2, 0.25) is 0 Å². The number of benzene rings is 1. The SMILES string of the molecule is O=S1(=O)CC=C(CNCc2ccccc2)C1. The van der Waals surface area contributed by atoms with Gasteiger partial charge in [-0.2, -0.15) is 0 Å². The summed E-state index contributed by atoms with van der Waals surface area (Å²) in [5.74, 6) is 0.421. The third kappa shape index (κ3) is 3.18. The fraction of sp³-hybridized carbons (Fsp3) is 0.333. The predicted octanol–water partition coefficient (Wildman–Crippen LogP) is 1.13. The van der Waals surface area contributed by atoms with Gasteiger partial charge in [0.2, 0.25) is 0 Å². The quantitative estimate of drug-likeness (QED) is 0.799. The van der Waals surface area contributed by atoms with Crippen LogP contribution in [0.5, 0.6) is 0 Å². The number of hydrogen-bond donors (Lipinski definition) is 1. The summed E-state index contributed by atoms with van der Waals surface area (Å²) in [7, 11) is -2.82. The molecule has 0 aromatic heterocycles. The molecule has 0 bridgehead atoms. The second-order valence-corrected chi connectivity index (χ2v) is 6.12. The number of nitrogens with one attached hydrogen (secondary N) is 1. The lowest BCUT2D eigenvalue weighted by atomic mass is 10.2. The van der Waals surface area contributed by atoms with Gasteiger partial charge in [0.15, 0.2) is 9.84 Å². The van der Waals surface area contributed by atoms with E-state index < -0.39 is 9.84 Å². The minimum Gasteiger partial charge on any atom is -0.309 e. The molecule has 1 aromatic rings. The summed E-state index contributed by atoms with van der Waals surface area (Å²) in [6.07, 6.45) is 1.81. The Hall–Kier alpha value is -1.13. The molecule has 4 heteroatoms. The predicted molar refractivity (Wildman–Crippen MR) is 64.9 cm³/mol. The second kappa shape index (κ2) is 4.80. The molecule has 0 amide bonds. The molecule has 0 atom stereocenters. The van der Waals surface area contributed by atoms with Crippen LogP contribution in [0.1, 0.15) is 5.56 Å². The topological polar surface area (TPSA) is 46.2 Å². The third-order valence-electron chi connectivity index (χ3n) is 2.56. The van der Waals surface area contributed by atoms with Crippen molar-refractivity contribution >= 4 is 9.84 Å². The molecule has 0 fully saturated rings. The van der Waals surface area contributed by atoms with Crippen molar-refractivity contribution in [2.45, 2.75) is 6.54 Å². The minimum atomic E-state index is -2.82. The number of sulfone groups is 1. The van der Waals surface area contributed by atoms with Crippen molar-refractivity contribution in [2.75, 3.05) is 18.1 Å². The Morgan fingerprint density at radius 1 is 1.12 bits per heavy atom. The van der Waals surface area contributed by atoms with Crippen LogP contribution in [-0.2, 0) is 16.4 Å². The highest BCUT2D eigenvalue weighted by molar-refractivity contribution is 7.92. The van der Waals surface area contributed by atoms with Gasteiger partial charge in [-0.25, -0.2) is 8.42 Å². The third-order valence-corrected chi connectivity index (χ3v) is 4.04. The molecule has 3 nitrogen and oxygen atoms in total. The van der Waals surface area contributed by atoms with Crippen LogP contribution in [0.25, 0.3) is 0 Å². The van der Waals surface area contributed by atoms with Crippen molar-refractivity contribution in [3.8, 4) is 0 Å². The zero-order valence-corrected chi connectivity index (χ0v) is 9.83. The van der Waals surface area contributed by atoms with Crippen molar-refractivity contribution < 1.29 is 8.42 Å². The Morgan fingerprint density at radius 2 is 1.88 bits per heavy atom. The van der Waals surface area contributed by atoms with Crippen molar-refractivity contribution in [3.63, 3.8) is 0 Å². The van der Waals surface area contributed by atoms with E-state index in [1.165, 1.54) is 5.56 Å². The Balaban J connectivity index is 1.78. The molecule has 1 N–H and O–H groups in total. The van der Waals surface area contributed by atoms with Gasteiger partial charge in [-0.1, -0.05) is 36.4 Å². The van der Waals surface area contributed by atoms with Crippen LogP contribution in [0.3, 0.4) is 0 Å². The van der Waals surface area contributed by atoms with Crippen LogP contribution < -0.4 is 5.32 Å². The lowest BCUT2D eigenvalue weighted by Gasteiger charge is -2.04. The Labute approximate surface area is 96.1 Å². The van der Waals surface area contributed by atoms with E-state index in [9.17, 15) is 8.42 Å². The average molecular weight is 237 g/mol. The van der Waals surface area contributed by atoms with E-state index >= 15 is 0 Å². The van der Waals surface area contributed by atoms with E-state index in [1.54, 1.807) is 0 Å². The van der Waals surface area contributed by atoms with Crippen molar-refractivity contribution in [1.29, 1.82) is 0 Å². The monoisotopic (exact) mass is 237 g/mol. The summed E-state index contributed by atoms with van der Waals surface area (Å²) in [5, 5.41) is 3.25. The maximum absolute atomic E-state index is 11.2. The van der Waals surface area contributed by atoms with E-state index in [2.05, 4.69) is 5.32 Å². The van der Waals surface area contributed by atoms with Gasteiger partial charge in [0, 0.05) is 13.1 Å². The van der Waals surface area contributed by atoms with E-state index in [0.29, 0.717) is 6.54 Å². The van der Waals surface area contributed by atoms with E-state index in [1.807, 2.05) is 36.4 Å². The second-order valence-electron chi connectivity index (χ2n) is 4.01. The minimum absolute atomic E-state index is 0.204. The smallest absolute Gasteiger partial charge is 0.157 e. The van der Waals surface area contributed by atoms with Crippen LogP contribution >= 0.6 is 0 Å². The first-order chi connectivity index (χ1) is 7.66. The molecular formula is C12H15NO2S. The Morgan fingerprint density at radius 3 is 2.50 bits per heavy atom. The van der Waals surface area contributed by atoms with Crippen molar-refractivity contribution in [1.82, 2.24) is 5.32 Å². The highest BCUT2D eigenvalue weighted by Crippen LogP contribution is 2.10. The van der Waals surface area contributed by atoms with Gasteiger partial charge in [-0.15, -0.1) is 0 Å². The van der Waals surface area contributed by atoms with Crippen molar-refractivity contribution in [3.05, 3.63) is 47.5 Å². The van der Waals surface area contributed by atoms with Crippen LogP contribution in [0.4, 0.5) is 0 Å². The lowest BCUT2D eigenvalue weighted by molar-refractivity contribution is 0.602. The summed E-state index contributed by atoms with van der Waals surface area (Å²) < 4.78 is 22.4. The molecule has 0 radical (unpaired) electrons. The first-order valence-electron chi connectivity index (χ1n) is 5.29. The molecule has 0 saturated heterocycles. The first kappa shape index (κ1) is 11.4. The molecule has 0 aliphatic carbocycles. The van der Waals surface area contributed by atoms with Gasteiger partial charge in [0.05, 0.1) is 11.5 Å². The molecule has 1 aliphatic rings. The zero-order chi connectivity index (χ0) is 11.4. The maximum Gasteiger partial charge on any atom is 0.157 e. The Kier molecular flexibility index (Phi) is 3.41. The normalized spacial score (nSPS) is 18.4. The van der Waals surface area contributed by atoms with Gasteiger partial charge < -0.3 is 5.32 Å². The molecule has 0 saturated carbocycles. The van der Waals surface area contributed by atoms with E-state index in [-0.39, 0.29) is 11.5 Å². The van der Waals surface area contributed by atoms with Gasteiger partial charge in [-0.3, -0.25) is 0 Å². The van der Waals surface area contributed by atoms with E-state index in [4.69, 9.17) is 0 Å². The van der Waals surface area contributed by atoms with Crippen LogP contribution in [-0.4, -0.2) is 26.5 Å². The zero-order valence-electron chi connectivity index (χ0n) is 9.02. The molecule has 1 aromatic carbocycles. The highest BCUT2D eigenvalue weighted by Gasteiger charge is 2.18. The van der Waals surface area contributed by atoms with Gasteiger partial charge in [0.25, 0.3) is 0 Å². The molecular weight excluding hydrogens is 222 g/mol. The summed E-state index contributed by atoms with van der Waals surface area (Å²) in [6, 6.07) is 10.1. The highest BCUT2D eigenvalue weighted by atomic mass is 32.2. The molecule has 16 heavy (non-hydrogen) atoms. The average Bonchev–Trinajstić information content (AvgIpc) is 2.60. The van der Waals surface area contributed by atoms with Gasteiger partial charge in [0.1, 0.15) is 0 Å². The first-order valence-corrected chi connectivity index (χ1v) is 7.11. The number of hydrogen-bond acceptors (Lipinski definition) is 3. The summed E-state index contributed by atoms with van der Waals surface area (Å²) in [6.45, 7) is 1.44. The van der Waals surface area contributed by atoms with Crippen LogP contribution in [0, 0.1) is 0 Å². The summed E-state index contributed by atoms with van der Waals surface area (Å²) >= 11 is 0. The van der Waals surface area contributed by atoms with Gasteiger partial charge >= 0.3 is 0 Å².